The van der Waals surface area contributed by atoms with Crippen molar-refractivity contribution in [3.05, 3.63) is 36.9 Å². The number of fused-ring (bicyclic) bond motifs is 1. The van der Waals surface area contributed by atoms with Gasteiger partial charge in [0.25, 0.3) is 0 Å². The molecule has 1 aromatic heterocycles. The molecule has 2 aromatic rings. The summed E-state index contributed by atoms with van der Waals surface area (Å²) in [5, 5.41) is 8.07. The summed E-state index contributed by atoms with van der Waals surface area (Å²) in [7, 11) is 0. The zero-order valence-corrected chi connectivity index (χ0v) is 9.80. The van der Waals surface area contributed by atoms with Crippen LogP contribution in [0.5, 0.6) is 0 Å². The van der Waals surface area contributed by atoms with Crippen LogP contribution in [0.3, 0.4) is 0 Å². The Morgan fingerprint density at radius 1 is 1.56 bits per heavy atom. The molecule has 1 N–H and O–H groups in total. The summed E-state index contributed by atoms with van der Waals surface area (Å²) in [6.45, 7) is 4.09. The van der Waals surface area contributed by atoms with Crippen LogP contribution in [0.4, 0.5) is 10.6 Å². The number of carbonyl (C=O) groups is 1. The average Bonchev–Trinajstić information content (AvgIpc) is 2.94. The highest BCUT2D eigenvalue weighted by Crippen LogP contribution is 2.29. The van der Waals surface area contributed by atoms with Crippen molar-refractivity contribution < 1.29 is 9.53 Å². The first-order valence-electron chi connectivity index (χ1n) is 5.81. The van der Waals surface area contributed by atoms with Crippen LogP contribution in [0.25, 0.3) is 10.9 Å². The summed E-state index contributed by atoms with van der Waals surface area (Å²) in [4.78, 5) is 13.4. The lowest BCUT2D eigenvalue weighted by atomic mass is 10.2. The maximum atomic E-state index is 11.8. The molecule has 5 nitrogen and oxygen atoms in total. The third-order valence-corrected chi connectivity index (χ3v) is 3.08. The summed E-state index contributed by atoms with van der Waals surface area (Å²) in [5.41, 5.74) is 0.907. The zero-order valence-electron chi connectivity index (χ0n) is 9.80. The van der Waals surface area contributed by atoms with Crippen LogP contribution in [-0.4, -0.2) is 28.9 Å². The number of carbonyl (C=O) groups excluding carboxylic acids is 1. The van der Waals surface area contributed by atoms with Gasteiger partial charge in [-0.25, -0.2) is 4.79 Å². The number of ether oxygens (including phenoxy) is 1. The number of nitrogens with zero attached hydrogens (tertiary/aromatic N) is 2. The maximum Gasteiger partial charge on any atom is 0.416 e. The number of anilines is 1. The van der Waals surface area contributed by atoms with E-state index < -0.39 is 0 Å². The molecule has 92 valence electrons. The number of cyclic esters (lactones) is 1. The van der Waals surface area contributed by atoms with Gasteiger partial charge in [-0.3, -0.25) is 10.00 Å². The standard InChI is InChI=1S/C13H13N3O2/c1-2-5-9-8-18-13(17)16(9)12-10-6-3-4-7-11(10)14-15-12/h2-4,6-7,9H,1,5,8H2,(H,14,15). The van der Waals surface area contributed by atoms with Gasteiger partial charge >= 0.3 is 6.09 Å². The predicted octanol–water partition coefficient (Wildman–Crippen LogP) is 2.46. The van der Waals surface area contributed by atoms with Gasteiger partial charge in [0.15, 0.2) is 5.82 Å². The second-order valence-electron chi connectivity index (χ2n) is 4.22. The summed E-state index contributed by atoms with van der Waals surface area (Å²) in [6.07, 6.45) is 2.13. The van der Waals surface area contributed by atoms with Gasteiger partial charge in [0.1, 0.15) is 6.61 Å². The first-order chi connectivity index (χ1) is 8.81. The molecule has 0 bridgehead atoms. The molecule has 1 unspecified atom stereocenters. The van der Waals surface area contributed by atoms with E-state index in [9.17, 15) is 4.79 Å². The van der Waals surface area contributed by atoms with Crippen LogP contribution in [0, 0.1) is 0 Å². The minimum absolute atomic E-state index is 0.0262. The fourth-order valence-corrected chi connectivity index (χ4v) is 2.22. The van der Waals surface area contributed by atoms with Crippen molar-refractivity contribution in [2.45, 2.75) is 12.5 Å². The van der Waals surface area contributed by atoms with Gasteiger partial charge in [-0.2, -0.15) is 5.10 Å². The van der Waals surface area contributed by atoms with Crippen LogP contribution in [0.15, 0.2) is 36.9 Å². The molecule has 0 saturated carbocycles. The van der Waals surface area contributed by atoms with Gasteiger partial charge in [0, 0.05) is 5.39 Å². The molecule has 2 heterocycles. The van der Waals surface area contributed by atoms with Crippen LogP contribution >= 0.6 is 0 Å². The molecule has 1 atom stereocenters. The Kier molecular flexibility index (Phi) is 2.51. The topological polar surface area (TPSA) is 58.2 Å². The van der Waals surface area contributed by atoms with E-state index in [2.05, 4.69) is 16.8 Å². The van der Waals surface area contributed by atoms with Gasteiger partial charge in [-0.05, 0) is 18.6 Å². The molecule has 1 aliphatic heterocycles. The van der Waals surface area contributed by atoms with Gasteiger partial charge in [-0.1, -0.05) is 18.2 Å². The van der Waals surface area contributed by atoms with E-state index in [4.69, 9.17) is 4.74 Å². The number of nitrogens with one attached hydrogen (secondary N) is 1. The van der Waals surface area contributed by atoms with Crippen molar-refractivity contribution in [3.63, 3.8) is 0 Å². The number of para-hydroxylation sites is 1. The summed E-state index contributed by atoms with van der Waals surface area (Å²) >= 11 is 0. The first kappa shape index (κ1) is 10.8. The number of amides is 1. The Morgan fingerprint density at radius 3 is 3.22 bits per heavy atom. The van der Waals surface area contributed by atoms with Crippen molar-refractivity contribution in [3.8, 4) is 0 Å². The SMILES string of the molecule is C=CCC1COC(=O)N1c1n[nH]c2ccccc12. The van der Waals surface area contributed by atoms with Crippen molar-refractivity contribution in [1.29, 1.82) is 0 Å². The van der Waals surface area contributed by atoms with E-state index in [1.165, 1.54) is 0 Å². The Hall–Kier alpha value is -2.30. The van der Waals surface area contributed by atoms with E-state index in [1.54, 1.807) is 11.0 Å². The quantitative estimate of drug-likeness (QED) is 0.842. The smallest absolute Gasteiger partial charge is 0.416 e. The van der Waals surface area contributed by atoms with Crippen molar-refractivity contribution in [1.82, 2.24) is 10.2 Å². The van der Waals surface area contributed by atoms with Gasteiger partial charge < -0.3 is 4.74 Å². The molecule has 1 aromatic carbocycles. The molecule has 1 saturated heterocycles. The third kappa shape index (κ3) is 1.55. The Morgan fingerprint density at radius 2 is 2.39 bits per heavy atom. The number of hydrogen-bond donors (Lipinski definition) is 1. The molecule has 3 rings (SSSR count). The molecule has 5 heteroatoms. The number of H-pyrrole nitrogens is 1. The van der Waals surface area contributed by atoms with Crippen LogP contribution in [0.1, 0.15) is 6.42 Å². The highest BCUT2D eigenvalue weighted by Gasteiger charge is 2.35. The Bertz CT molecular complexity index is 605. The highest BCUT2D eigenvalue weighted by molar-refractivity contribution is 6.00. The molecule has 1 aliphatic rings. The number of aromatic amines is 1. The lowest BCUT2D eigenvalue weighted by Gasteiger charge is -2.17. The van der Waals surface area contributed by atoms with Crippen LogP contribution in [0.2, 0.25) is 0 Å². The zero-order chi connectivity index (χ0) is 12.5. The molecule has 0 aliphatic carbocycles. The monoisotopic (exact) mass is 243 g/mol. The second kappa shape index (κ2) is 4.18. The highest BCUT2D eigenvalue weighted by atomic mass is 16.6. The van der Waals surface area contributed by atoms with Gasteiger partial charge in [0.2, 0.25) is 0 Å². The van der Waals surface area contributed by atoms with E-state index >= 15 is 0 Å². The largest absolute Gasteiger partial charge is 0.447 e. The fourth-order valence-electron chi connectivity index (χ4n) is 2.22. The molecular weight excluding hydrogens is 230 g/mol. The number of benzene rings is 1. The van der Waals surface area contributed by atoms with E-state index in [0.29, 0.717) is 18.8 Å². The van der Waals surface area contributed by atoms with Gasteiger partial charge in [0.05, 0.1) is 11.6 Å². The summed E-state index contributed by atoms with van der Waals surface area (Å²) < 4.78 is 5.09. The van der Waals surface area contributed by atoms with E-state index in [-0.39, 0.29) is 12.1 Å². The first-order valence-corrected chi connectivity index (χ1v) is 5.81. The molecule has 18 heavy (non-hydrogen) atoms. The van der Waals surface area contributed by atoms with E-state index in [1.807, 2.05) is 24.3 Å². The van der Waals surface area contributed by atoms with Crippen molar-refractivity contribution in [2.75, 3.05) is 11.5 Å². The molecule has 0 radical (unpaired) electrons. The number of aromatic nitrogens is 2. The lowest BCUT2D eigenvalue weighted by molar-refractivity contribution is 0.179. The average molecular weight is 243 g/mol. The maximum absolute atomic E-state index is 11.8. The predicted molar refractivity (Wildman–Crippen MR) is 68.5 cm³/mol. The van der Waals surface area contributed by atoms with Crippen LogP contribution < -0.4 is 4.90 Å². The van der Waals surface area contributed by atoms with Crippen LogP contribution in [-0.2, 0) is 4.74 Å². The minimum atomic E-state index is -0.348. The minimum Gasteiger partial charge on any atom is -0.447 e. The van der Waals surface area contributed by atoms with Crippen molar-refractivity contribution in [2.24, 2.45) is 0 Å². The Balaban J connectivity index is 2.07. The normalized spacial score (nSPS) is 19.2. The third-order valence-electron chi connectivity index (χ3n) is 3.08. The second-order valence-corrected chi connectivity index (χ2v) is 4.22. The fraction of sp³-hybridized carbons (Fsp3) is 0.231. The van der Waals surface area contributed by atoms with Crippen molar-refractivity contribution >= 4 is 22.8 Å². The molecule has 1 fully saturated rings. The molecule has 1 amide bonds. The summed E-state index contributed by atoms with van der Waals surface area (Å²) in [5.74, 6) is 0.625. The number of hydrogen-bond acceptors (Lipinski definition) is 3. The van der Waals surface area contributed by atoms with E-state index in [0.717, 1.165) is 10.9 Å². The number of rotatable bonds is 3. The molecule has 0 spiro atoms. The lowest BCUT2D eigenvalue weighted by Crippen LogP contribution is -2.33. The van der Waals surface area contributed by atoms with Gasteiger partial charge in [-0.15, -0.1) is 6.58 Å². The molecular formula is C13H13N3O2. The Labute approximate surface area is 104 Å². The summed E-state index contributed by atoms with van der Waals surface area (Å²) in [6, 6.07) is 7.68.